The van der Waals surface area contributed by atoms with Crippen molar-refractivity contribution in [2.24, 2.45) is 0 Å². The lowest BCUT2D eigenvalue weighted by atomic mass is 10.1. The van der Waals surface area contributed by atoms with Gasteiger partial charge >= 0.3 is 5.97 Å². The van der Waals surface area contributed by atoms with Crippen LogP contribution in [0.3, 0.4) is 0 Å². The van der Waals surface area contributed by atoms with E-state index < -0.39 is 33.9 Å². The van der Waals surface area contributed by atoms with Gasteiger partial charge in [-0.05, 0) is 25.0 Å². The van der Waals surface area contributed by atoms with Gasteiger partial charge in [0.2, 0.25) is 0 Å². The zero-order valence-electron chi connectivity index (χ0n) is 13.8. The lowest BCUT2D eigenvalue weighted by molar-refractivity contribution is -0.385. The number of anilines is 1. The first-order valence-corrected chi connectivity index (χ1v) is 7.86. The van der Waals surface area contributed by atoms with E-state index in [-0.39, 0.29) is 12.5 Å². The number of halogens is 2. The Morgan fingerprint density at radius 2 is 2.00 bits per heavy atom. The third-order valence-corrected chi connectivity index (χ3v) is 4.04. The van der Waals surface area contributed by atoms with Gasteiger partial charge in [0.15, 0.2) is 11.6 Å². The van der Waals surface area contributed by atoms with E-state index in [1.54, 1.807) is 12.1 Å². The van der Waals surface area contributed by atoms with Crippen LogP contribution in [-0.4, -0.2) is 23.0 Å². The zero-order valence-corrected chi connectivity index (χ0v) is 13.8. The van der Waals surface area contributed by atoms with Gasteiger partial charge in [0.25, 0.3) is 5.69 Å². The number of hydrogen-bond acceptors (Lipinski definition) is 6. The number of nitrogens with zero attached hydrogens (tertiary/aromatic N) is 2. The van der Waals surface area contributed by atoms with Crippen LogP contribution in [0.4, 0.5) is 20.2 Å². The molecule has 1 saturated carbocycles. The van der Waals surface area contributed by atoms with Crippen LogP contribution in [0.1, 0.15) is 40.5 Å². The average Bonchev–Trinajstić information content (AvgIpc) is 3.45. The Labute approximate surface area is 147 Å². The monoisotopic (exact) mass is 363 g/mol. The summed E-state index contributed by atoms with van der Waals surface area (Å²) in [6.07, 6.45) is 1.83. The molecule has 0 radical (unpaired) electrons. The first kappa shape index (κ1) is 17.7. The summed E-state index contributed by atoms with van der Waals surface area (Å²) < 4.78 is 32.6. The fourth-order valence-corrected chi connectivity index (χ4v) is 2.58. The van der Waals surface area contributed by atoms with Gasteiger partial charge in [-0.1, -0.05) is 0 Å². The Bertz CT molecular complexity index is 861. The molecule has 1 fully saturated rings. The quantitative estimate of drug-likeness (QED) is 0.479. The molecule has 0 aliphatic heterocycles. The van der Waals surface area contributed by atoms with Crippen LogP contribution in [-0.2, 0) is 11.3 Å². The number of hydrogen-bond donors (Lipinski definition) is 1. The number of nitro benzene ring substituents is 1. The summed E-state index contributed by atoms with van der Waals surface area (Å²) in [4.78, 5) is 26.0. The van der Waals surface area contributed by atoms with Crippen LogP contribution in [0.25, 0.3) is 0 Å². The highest BCUT2D eigenvalue weighted by molar-refractivity contribution is 5.90. The van der Waals surface area contributed by atoms with Gasteiger partial charge < -0.3 is 10.1 Å². The van der Waals surface area contributed by atoms with Gasteiger partial charge in [-0.15, -0.1) is 0 Å². The number of pyridine rings is 1. The predicted octanol–water partition coefficient (Wildman–Crippen LogP) is 3.54. The number of carbonyl (C=O) groups is 1. The van der Waals surface area contributed by atoms with Gasteiger partial charge in [0, 0.05) is 5.92 Å². The highest BCUT2D eigenvalue weighted by atomic mass is 19.1. The molecule has 1 aromatic heterocycles. The number of aromatic nitrogens is 1. The van der Waals surface area contributed by atoms with E-state index in [9.17, 15) is 23.7 Å². The second kappa shape index (κ2) is 7.03. The molecule has 0 atom stereocenters. The predicted molar refractivity (Wildman–Crippen MR) is 87.9 cm³/mol. The number of ether oxygens (including phenoxy) is 1. The minimum absolute atomic E-state index is 0.00712. The number of nitro groups is 1. The molecule has 1 N–H and O–H groups in total. The lowest BCUT2D eigenvalue weighted by Gasteiger charge is -2.11. The van der Waals surface area contributed by atoms with E-state index in [2.05, 4.69) is 10.3 Å². The molecule has 1 heterocycles. The zero-order chi connectivity index (χ0) is 18.8. The molecule has 9 heteroatoms. The number of nitrogens with one attached hydrogen (secondary N) is 1. The molecule has 0 spiro atoms. The average molecular weight is 363 g/mol. The number of benzene rings is 1. The minimum atomic E-state index is -1.06. The molecule has 136 valence electrons. The molecule has 3 rings (SSSR count). The van der Waals surface area contributed by atoms with E-state index in [4.69, 9.17) is 4.74 Å². The van der Waals surface area contributed by atoms with Crippen LogP contribution in [0, 0.1) is 21.7 Å². The number of carbonyl (C=O) groups excluding carboxylic acids is 1. The van der Waals surface area contributed by atoms with Gasteiger partial charge in [0.05, 0.1) is 47.7 Å². The summed E-state index contributed by atoms with van der Waals surface area (Å²) in [7, 11) is 1.29. The highest BCUT2D eigenvalue weighted by Gasteiger charge is 2.30. The molecule has 1 aromatic carbocycles. The van der Waals surface area contributed by atoms with Crippen molar-refractivity contribution in [3.8, 4) is 0 Å². The topological polar surface area (TPSA) is 94.4 Å². The fraction of sp³-hybridized carbons (Fsp3) is 0.294. The highest BCUT2D eigenvalue weighted by Crippen LogP contribution is 2.40. The van der Waals surface area contributed by atoms with Crippen LogP contribution >= 0.6 is 0 Å². The second-order valence-electron chi connectivity index (χ2n) is 5.90. The lowest BCUT2D eigenvalue weighted by Crippen LogP contribution is -2.11. The Morgan fingerprint density at radius 3 is 2.54 bits per heavy atom. The molecule has 26 heavy (non-hydrogen) atoms. The Kier molecular flexibility index (Phi) is 4.79. The van der Waals surface area contributed by atoms with E-state index in [1.807, 2.05) is 0 Å². The smallest absolute Gasteiger partial charge is 0.339 e. The summed E-state index contributed by atoms with van der Waals surface area (Å²) in [6.45, 7) is -0.00712. The summed E-state index contributed by atoms with van der Waals surface area (Å²) in [5.41, 5.74) is 0.341. The van der Waals surface area contributed by atoms with Crippen LogP contribution < -0.4 is 5.32 Å². The van der Waals surface area contributed by atoms with E-state index in [0.29, 0.717) is 29.1 Å². The van der Waals surface area contributed by atoms with Crippen molar-refractivity contribution in [2.45, 2.75) is 25.3 Å². The van der Waals surface area contributed by atoms with Crippen molar-refractivity contribution in [3.63, 3.8) is 0 Å². The third kappa shape index (κ3) is 3.61. The maximum atomic E-state index is 13.9. The summed E-state index contributed by atoms with van der Waals surface area (Å²) in [5.74, 6) is -2.43. The van der Waals surface area contributed by atoms with Crippen molar-refractivity contribution in [3.05, 3.63) is 63.0 Å². The third-order valence-electron chi connectivity index (χ3n) is 4.04. The van der Waals surface area contributed by atoms with Crippen LogP contribution in [0.2, 0.25) is 0 Å². The van der Waals surface area contributed by atoms with Gasteiger partial charge in [-0.3, -0.25) is 15.1 Å². The molecule has 1 aliphatic rings. The maximum Gasteiger partial charge on any atom is 0.339 e. The normalized spacial score (nSPS) is 13.3. The molecule has 7 nitrogen and oxygen atoms in total. The summed E-state index contributed by atoms with van der Waals surface area (Å²) >= 11 is 0. The number of rotatable bonds is 6. The Balaban J connectivity index is 1.81. The van der Waals surface area contributed by atoms with Crippen LogP contribution in [0.15, 0.2) is 24.3 Å². The molecule has 0 amide bonds. The number of esters is 1. The van der Waals surface area contributed by atoms with Crippen molar-refractivity contribution >= 4 is 17.3 Å². The van der Waals surface area contributed by atoms with Crippen molar-refractivity contribution in [1.29, 1.82) is 0 Å². The number of methoxy groups -OCH3 is 1. The largest absolute Gasteiger partial charge is 0.465 e. The first-order valence-electron chi connectivity index (χ1n) is 7.86. The molecule has 0 unspecified atom stereocenters. The van der Waals surface area contributed by atoms with Crippen molar-refractivity contribution in [2.75, 3.05) is 12.4 Å². The fourth-order valence-electron chi connectivity index (χ4n) is 2.58. The Hall–Kier alpha value is -3.10. The molecular weight excluding hydrogens is 348 g/mol. The molecule has 1 aliphatic carbocycles. The molecule has 2 aromatic rings. The summed E-state index contributed by atoms with van der Waals surface area (Å²) in [5, 5.41) is 13.2. The van der Waals surface area contributed by atoms with Crippen LogP contribution in [0.5, 0.6) is 0 Å². The number of non-ortho nitro benzene ring substituents is 1. The van der Waals surface area contributed by atoms with Gasteiger partial charge in [-0.25, -0.2) is 13.6 Å². The van der Waals surface area contributed by atoms with E-state index >= 15 is 0 Å². The second-order valence-corrected chi connectivity index (χ2v) is 5.90. The SMILES string of the molecule is COC(=O)c1ccc(CNc2c(F)cc([N+](=O)[O-])cc2F)nc1C1CC1. The Morgan fingerprint density at radius 1 is 1.35 bits per heavy atom. The summed E-state index contributed by atoms with van der Waals surface area (Å²) in [6, 6.07) is 4.43. The molecular formula is C17H15F2N3O4. The van der Waals surface area contributed by atoms with E-state index in [0.717, 1.165) is 12.8 Å². The first-order chi connectivity index (χ1) is 12.4. The molecule has 0 bridgehead atoms. The van der Waals surface area contributed by atoms with Gasteiger partial charge in [0.1, 0.15) is 5.69 Å². The minimum Gasteiger partial charge on any atom is -0.465 e. The van der Waals surface area contributed by atoms with Gasteiger partial charge in [-0.2, -0.15) is 0 Å². The van der Waals surface area contributed by atoms with E-state index in [1.165, 1.54) is 7.11 Å². The van der Waals surface area contributed by atoms with Crippen molar-refractivity contribution in [1.82, 2.24) is 4.98 Å². The maximum absolute atomic E-state index is 13.9. The van der Waals surface area contributed by atoms with Crippen molar-refractivity contribution < 1.29 is 23.2 Å². The molecule has 0 saturated heterocycles. The standard InChI is InChI=1S/C17H15F2N3O4/c1-26-17(23)12-5-4-10(21-15(12)9-2-3-9)8-20-16-13(18)6-11(22(24)25)7-14(16)19/h4-7,9,20H,2-3,8H2,1H3.